The Balaban J connectivity index is 2.81. The summed E-state index contributed by atoms with van der Waals surface area (Å²) < 4.78 is 5.47. The third kappa shape index (κ3) is 4.56. The largest absolute Gasteiger partial charge is 0.493 e. The van der Waals surface area contributed by atoms with Gasteiger partial charge in [0.15, 0.2) is 0 Å². The first-order valence-electron chi connectivity index (χ1n) is 6.82. The number of amides is 1. The molecule has 0 aliphatic carbocycles. The summed E-state index contributed by atoms with van der Waals surface area (Å²) in [4.78, 5) is 12.3. The quantitative estimate of drug-likeness (QED) is 0.793. The first-order valence-corrected chi connectivity index (χ1v) is 6.82. The van der Waals surface area contributed by atoms with Crippen LogP contribution in [0.25, 0.3) is 0 Å². The molecule has 0 spiro atoms. The van der Waals surface area contributed by atoms with E-state index in [-0.39, 0.29) is 11.9 Å². The van der Waals surface area contributed by atoms with Crippen LogP contribution in [-0.4, -0.2) is 25.1 Å². The second-order valence-electron chi connectivity index (χ2n) is 4.83. The van der Waals surface area contributed by atoms with E-state index in [1.54, 1.807) is 6.07 Å². The SMILES string of the molecule is CCOc1ccccc1C(=O)NC(CCN)C(C)C. The molecule has 0 fully saturated rings. The van der Waals surface area contributed by atoms with Crippen LogP contribution in [0.1, 0.15) is 37.6 Å². The Labute approximate surface area is 115 Å². The highest BCUT2D eigenvalue weighted by Crippen LogP contribution is 2.18. The molecule has 0 radical (unpaired) electrons. The third-order valence-corrected chi connectivity index (χ3v) is 3.03. The van der Waals surface area contributed by atoms with Gasteiger partial charge in [-0.15, -0.1) is 0 Å². The second-order valence-corrected chi connectivity index (χ2v) is 4.83. The van der Waals surface area contributed by atoms with Gasteiger partial charge in [0.05, 0.1) is 12.2 Å². The van der Waals surface area contributed by atoms with Crippen molar-refractivity contribution in [3.8, 4) is 5.75 Å². The molecule has 1 rings (SSSR count). The number of ether oxygens (including phenoxy) is 1. The Kier molecular flexibility index (Phi) is 6.36. The average molecular weight is 264 g/mol. The van der Waals surface area contributed by atoms with Crippen LogP contribution >= 0.6 is 0 Å². The minimum absolute atomic E-state index is 0.0900. The van der Waals surface area contributed by atoms with E-state index in [1.165, 1.54) is 0 Å². The van der Waals surface area contributed by atoms with Gasteiger partial charge in [-0.05, 0) is 37.9 Å². The van der Waals surface area contributed by atoms with Gasteiger partial charge in [0.1, 0.15) is 5.75 Å². The van der Waals surface area contributed by atoms with Gasteiger partial charge in [0, 0.05) is 6.04 Å². The van der Waals surface area contributed by atoms with Crippen LogP contribution in [0.3, 0.4) is 0 Å². The maximum atomic E-state index is 12.3. The molecule has 0 heterocycles. The van der Waals surface area contributed by atoms with Gasteiger partial charge in [-0.3, -0.25) is 4.79 Å². The summed E-state index contributed by atoms with van der Waals surface area (Å²) in [6, 6.07) is 7.38. The predicted octanol–water partition coefficient (Wildman–Crippen LogP) is 2.19. The van der Waals surface area contributed by atoms with Crippen LogP contribution in [0.15, 0.2) is 24.3 Å². The molecule has 4 nitrogen and oxygen atoms in total. The van der Waals surface area contributed by atoms with Crippen molar-refractivity contribution in [3.05, 3.63) is 29.8 Å². The van der Waals surface area contributed by atoms with Gasteiger partial charge in [0.2, 0.25) is 0 Å². The molecule has 19 heavy (non-hydrogen) atoms. The molecule has 1 aromatic carbocycles. The van der Waals surface area contributed by atoms with E-state index < -0.39 is 0 Å². The van der Waals surface area contributed by atoms with Gasteiger partial charge in [-0.2, -0.15) is 0 Å². The first-order chi connectivity index (χ1) is 9.10. The molecule has 0 saturated heterocycles. The summed E-state index contributed by atoms with van der Waals surface area (Å²) in [5.74, 6) is 0.876. The van der Waals surface area contributed by atoms with E-state index in [4.69, 9.17) is 10.5 Å². The summed E-state index contributed by atoms with van der Waals surface area (Å²) in [5.41, 5.74) is 6.16. The third-order valence-electron chi connectivity index (χ3n) is 3.03. The van der Waals surface area contributed by atoms with Crippen LogP contribution in [0.4, 0.5) is 0 Å². The lowest BCUT2D eigenvalue weighted by Gasteiger charge is -2.22. The molecular formula is C15H24N2O2. The fourth-order valence-corrected chi connectivity index (χ4v) is 1.93. The maximum Gasteiger partial charge on any atom is 0.255 e. The van der Waals surface area contributed by atoms with Crippen LogP contribution in [0.2, 0.25) is 0 Å². The molecule has 0 aliphatic rings. The van der Waals surface area contributed by atoms with Gasteiger partial charge >= 0.3 is 0 Å². The molecule has 1 unspecified atom stereocenters. The lowest BCUT2D eigenvalue weighted by atomic mass is 10.0. The summed E-state index contributed by atoms with van der Waals surface area (Å²) in [5, 5.41) is 3.03. The van der Waals surface area contributed by atoms with Crippen LogP contribution in [0.5, 0.6) is 5.75 Å². The van der Waals surface area contributed by atoms with Crippen molar-refractivity contribution >= 4 is 5.91 Å². The van der Waals surface area contributed by atoms with Crippen LogP contribution in [-0.2, 0) is 0 Å². The number of hydrogen-bond donors (Lipinski definition) is 2. The highest BCUT2D eigenvalue weighted by Gasteiger charge is 2.18. The second kappa shape index (κ2) is 7.79. The molecule has 0 aromatic heterocycles. The number of hydrogen-bond acceptors (Lipinski definition) is 3. The Morgan fingerprint density at radius 1 is 1.37 bits per heavy atom. The highest BCUT2D eigenvalue weighted by atomic mass is 16.5. The summed E-state index contributed by atoms with van der Waals surface area (Å²) >= 11 is 0. The molecule has 0 bridgehead atoms. The molecule has 3 N–H and O–H groups in total. The fourth-order valence-electron chi connectivity index (χ4n) is 1.93. The van der Waals surface area contributed by atoms with Crippen molar-refractivity contribution in [3.63, 3.8) is 0 Å². The van der Waals surface area contributed by atoms with Gasteiger partial charge in [0.25, 0.3) is 5.91 Å². The van der Waals surface area contributed by atoms with E-state index in [0.717, 1.165) is 6.42 Å². The molecule has 1 amide bonds. The lowest BCUT2D eigenvalue weighted by Crippen LogP contribution is -2.40. The molecule has 1 atom stereocenters. The molecule has 0 saturated carbocycles. The first kappa shape index (κ1) is 15.5. The molecule has 4 heteroatoms. The number of para-hydroxylation sites is 1. The average Bonchev–Trinajstić information content (AvgIpc) is 2.39. The van der Waals surface area contributed by atoms with Gasteiger partial charge in [-0.25, -0.2) is 0 Å². The number of carbonyl (C=O) groups is 1. The molecule has 1 aromatic rings. The Morgan fingerprint density at radius 2 is 2.05 bits per heavy atom. The zero-order chi connectivity index (χ0) is 14.3. The molecule has 106 valence electrons. The summed E-state index contributed by atoms with van der Waals surface area (Å²) in [6.07, 6.45) is 0.778. The summed E-state index contributed by atoms with van der Waals surface area (Å²) in [7, 11) is 0. The lowest BCUT2D eigenvalue weighted by molar-refractivity contribution is 0.0920. The minimum Gasteiger partial charge on any atom is -0.493 e. The number of rotatable bonds is 7. The smallest absolute Gasteiger partial charge is 0.255 e. The van der Waals surface area contributed by atoms with Crippen molar-refractivity contribution in [2.45, 2.75) is 33.2 Å². The van der Waals surface area contributed by atoms with Gasteiger partial charge < -0.3 is 15.8 Å². The maximum absolute atomic E-state index is 12.3. The monoisotopic (exact) mass is 264 g/mol. The normalized spacial score (nSPS) is 12.3. The standard InChI is InChI=1S/C15H24N2O2/c1-4-19-14-8-6-5-7-12(14)15(18)17-13(9-10-16)11(2)3/h5-8,11,13H,4,9-10,16H2,1-3H3,(H,17,18). The molecular weight excluding hydrogens is 240 g/mol. The zero-order valence-electron chi connectivity index (χ0n) is 12.0. The van der Waals surface area contributed by atoms with E-state index >= 15 is 0 Å². The van der Waals surface area contributed by atoms with E-state index in [1.807, 2.05) is 25.1 Å². The van der Waals surface area contributed by atoms with E-state index in [9.17, 15) is 4.79 Å². The van der Waals surface area contributed by atoms with Crippen LogP contribution < -0.4 is 15.8 Å². The van der Waals surface area contributed by atoms with Gasteiger partial charge in [-0.1, -0.05) is 26.0 Å². The number of carbonyl (C=O) groups excluding carboxylic acids is 1. The Bertz CT molecular complexity index is 405. The van der Waals surface area contributed by atoms with Crippen molar-refractivity contribution in [2.75, 3.05) is 13.2 Å². The van der Waals surface area contributed by atoms with Crippen molar-refractivity contribution in [1.82, 2.24) is 5.32 Å². The van der Waals surface area contributed by atoms with Crippen LogP contribution in [0, 0.1) is 5.92 Å². The number of nitrogens with one attached hydrogen (secondary N) is 1. The predicted molar refractivity (Wildman–Crippen MR) is 77.4 cm³/mol. The van der Waals surface area contributed by atoms with Crippen molar-refractivity contribution < 1.29 is 9.53 Å². The van der Waals surface area contributed by atoms with Crippen molar-refractivity contribution in [1.29, 1.82) is 0 Å². The zero-order valence-corrected chi connectivity index (χ0v) is 12.0. The van der Waals surface area contributed by atoms with E-state index in [2.05, 4.69) is 19.2 Å². The Hall–Kier alpha value is -1.55. The number of nitrogens with two attached hydrogens (primary N) is 1. The van der Waals surface area contributed by atoms with E-state index in [0.29, 0.717) is 30.4 Å². The highest BCUT2D eigenvalue weighted by molar-refractivity contribution is 5.97. The van der Waals surface area contributed by atoms with Crippen molar-refractivity contribution in [2.24, 2.45) is 11.7 Å². The number of benzene rings is 1. The topological polar surface area (TPSA) is 64.3 Å². The minimum atomic E-state index is -0.101. The molecule has 0 aliphatic heterocycles. The fraction of sp³-hybridized carbons (Fsp3) is 0.533. The Morgan fingerprint density at radius 3 is 2.63 bits per heavy atom. The summed E-state index contributed by atoms with van der Waals surface area (Å²) in [6.45, 7) is 7.17.